The van der Waals surface area contributed by atoms with E-state index in [0.717, 1.165) is 23.6 Å². The lowest BCUT2D eigenvalue weighted by molar-refractivity contribution is 0.181. The second-order valence-corrected chi connectivity index (χ2v) is 5.06. The molecule has 4 nitrogen and oxygen atoms in total. The van der Waals surface area contributed by atoms with Gasteiger partial charge in [0.25, 0.3) is 0 Å². The zero-order chi connectivity index (χ0) is 14.5. The van der Waals surface area contributed by atoms with E-state index >= 15 is 0 Å². The van der Waals surface area contributed by atoms with Crippen LogP contribution in [0.15, 0.2) is 24.3 Å². The Labute approximate surface area is 128 Å². The number of nitrogens with zero attached hydrogens (tertiary/aromatic N) is 2. The van der Waals surface area contributed by atoms with Gasteiger partial charge in [-0.25, -0.2) is 9.97 Å². The Hall–Kier alpha value is -1.36. The molecule has 0 fully saturated rings. The molecule has 1 aromatic carbocycles. The zero-order valence-corrected chi connectivity index (χ0v) is 12.8. The number of benzene rings is 1. The van der Waals surface area contributed by atoms with E-state index in [0.29, 0.717) is 22.5 Å². The van der Waals surface area contributed by atoms with Gasteiger partial charge in [0.05, 0.1) is 12.3 Å². The molecule has 0 radical (unpaired) electrons. The lowest BCUT2D eigenvalue weighted by Crippen LogP contribution is -2.04. The molecule has 0 amide bonds. The molecule has 2 aromatic rings. The molecule has 0 saturated carbocycles. The molecule has 0 aliphatic heterocycles. The molecule has 1 N–H and O–H groups in total. The van der Waals surface area contributed by atoms with Crippen molar-refractivity contribution < 1.29 is 4.74 Å². The number of hydrogen-bond acceptors (Lipinski definition) is 4. The van der Waals surface area contributed by atoms with Gasteiger partial charge in [0.15, 0.2) is 5.82 Å². The van der Waals surface area contributed by atoms with Gasteiger partial charge in [-0.3, -0.25) is 0 Å². The van der Waals surface area contributed by atoms with Crippen LogP contribution in [0.25, 0.3) is 11.4 Å². The van der Waals surface area contributed by atoms with Crippen molar-refractivity contribution in [1.82, 2.24) is 9.97 Å². The standard InChI is InChI=1S/C14H15Cl2N3O/c1-3-17-13-7-12(8-20-2)18-14(19-13)9-4-10(15)6-11(16)5-9/h4-7H,3,8H2,1-2H3,(H,17,18,19). The van der Waals surface area contributed by atoms with Gasteiger partial charge in [-0.15, -0.1) is 0 Å². The molecule has 106 valence electrons. The maximum atomic E-state index is 6.02. The summed E-state index contributed by atoms with van der Waals surface area (Å²) in [4.78, 5) is 8.93. The third-order valence-electron chi connectivity index (χ3n) is 2.55. The number of aromatic nitrogens is 2. The summed E-state index contributed by atoms with van der Waals surface area (Å²) in [6.07, 6.45) is 0. The van der Waals surface area contributed by atoms with Gasteiger partial charge in [0.1, 0.15) is 5.82 Å². The molecule has 0 aliphatic carbocycles. The SMILES string of the molecule is CCNc1cc(COC)nc(-c2cc(Cl)cc(Cl)c2)n1. The Kier molecular flexibility index (Phi) is 5.17. The number of nitrogens with one attached hydrogen (secondary N) is 1. The van der Waals surface area contributed by atoms with E-state index in [-0.39, 0.29) is 0 Å². The molecular weight excluding hydrogens is 297 g/mol. The van der Waals surface area contributed by atoms with E-state index in [1.165, 1.54) is 0 Å². The number of anilines is 1. The monoisotopic (exact) mass is 311 g/mol. The highest BCUT2D eigenvalue weighted by atomic mass is 35.5. The highest BCUT2D eigenvalue weighted by molar-refractivity contribution is 6.35. The molecule has 1 aromatic heterocycles. The fourth-order valence-corrected chi connectivity index (χ4v) is 2.33. The maximum absolute atomic E-state index is 6.02. The average molecular weight is 312 g/mol. The van der Waals surface area contributed by atoms with Crippen molar-refractivity contribution in [3.05, 3.63) is 40.0 Å². The fraction of sp³-hybridized carbons (Fsp3) is 0.286. The van der Waals surface area contributed by atoms with Gasteiger partial charge >= 0.3 is 0 Å². The third-order valence-corrected chi connectivity index (χ3v) is 2.99. The normalized spacial score (nSPS) is 10.6. The van der Waals surface area contributed by atoms with Gasteiger partial charge in [0, 0.05) is 35.3 Å². The maximum Gasteiger partial charge on any atom is 0.161 e. The van der Waals surface area contributed by atoms with Crippen molar-refractivity contribution in [2.75, 3.05) is 19.0 Å². The number of methoxy groups -OCH3 is 1. The molecular formula is C14H15Cl2N3O. The molecule has 20 heavy (non-hydrogen) atoms. The highest BCUT2D eigenvalue weighted by Crippen LogP contribution is 2.26. The van der Waals surface area contributed by atoms with E-state index in [1.807, 2.05) is 13.0 Å². The minimum atomic E-state index is 0.419. The first kappa shape index (κ1) is 15.0. The lowest BCUT2D eigenvalue weighted by Gasteiger charge is -2.09. The van der Waals surface area contributed by atoms with Crippen molar-refractivity contribution in [2.24, 2.45) is 0 Å². The van der Waals surface area contributed by atoms with Crippen LogP contribution in [0.2, 0.25) is 10.0 Å². The fourth-order valence-electron chi connectivity index (χ4n) is 1.80. The van der Waals surface area contributed by atoms with E-state index in [9.17, 15) is 0 Å². The van der Waals surface area contributed by atoms with E-state index in [2.05, 4.69) is 15.3 Å². The molecule has 2 rings (SSSR count). The van der Waals surface area contributed by atoms with Gasteiger partial charge in [-0.2, -0.15) is 0 Å². The summed E-state index contributed by atoms with van der Waals surface area (Å²) in [6, 6.07) is 7.11. The predicted octanol–water partition coefficient (Wildman–Crippen LogP) is 4.03. The zero-order valence-electron chi connectivity index (χ0n) is 11.3. The van der Waals surface area contributed by atoms with Gasteiger partial charge in [0.2, 0.25) is 0 Å². The Morgan fingerprint density at radius 2 is 1.80 bits per heavy atom. The molecule has 0 spiro atoms. The number of halogens is 2. The summed E-state index contributed by atoms with van der Waals surface area (Å²) in [5, 5.41) is 4.28. The molecule has 0 saturated heterocycles. The van der Waals surface area contributed by atoms with Crippen molar-refractivity contribution in [3.8, 4) is 11.4 Å². The largest absolute Gasteiger partial charge is 0.378 e. The van der Waals surface area contributed by atoms with Crippen molar-refractivity contribution >= 4 is 29.0 Å². The Bertz CT molecular complexity index is 560. The van der Waals surface area contributed by atoms with Crippen LogP contribution in [0, 0.1) is 0 Å². The first-order valence-corrected chi connectivity index (χ1v) is 6.95. The first-order chi connectivity index (χ1) is 9.62. The van der Waals surface area contributed by atoms with Crippen molar-refractivity contribution in [2.45, 2.75) is 13.5 Å². The summed E-state index contributed by atoms with van der Waals surface area (Å²) in [5.41, 5.74) is 1.57. The topological polar surface area (TPSA) is 47.0 Å². The summed E-state index contributed by atoms with van der Waals surface area (Å²) < 4.78 is 5.13. The van der Waals surface area contributed by atoms with Gasteiger partial charge in [-0.1, -0.05) is 23.2 Å². The highest BCUT2D eigenvalue weighted by Gasteiger charge is 2.08. The predicted molar refractivity (Wildman–Crippen MR) is 82.4 cm³/mol. The Balaban J connectivity index is 2.48. The van der Waals surface area contributed by atoms with Crippen LogP contribution in [0.1, 0.15) is 12.6 Å². The van der Waals surface area contributed by atoms with Crippen molar-refractivity contribution in [1.29, 1.82) is 0 Å². The average Bonchev–Trinajstić information content (AvgIpc) is 2.38. The number of rotatable bonds is 5. The molecule has 0 bridgehead atoms. The lowest BCUT2D eigenvalue weighted by atomic mass is 10.2. The summed E-state index contributed by atoms with van der Waals surface area (Å²) in [7, 11) is 1.63. The number of hydrogen-bond donors (Lipinski definition) is 1. The molecule has 0 atom stereocenters. The van der Waals surface area contributed by atoms with E-state index in [1.54, 1.807) is 25.3 Å². The first-order valence-electron chi connectivity index (χ1n) is 6.19. The smallest absolute Gasteiger partial charge is 0.161 e. The quantitative estimate of drug-likeness (QED) is 0.905. The van der Waals surface area contributed by atoms with Crippen LogP contribution in [-0.2, 0) is 11.3 Å². The molecule has 6 heteroatoms. The van der Waals surface area contributed by atoms with Crippen LogP contribution in [0.3, 0.4) is 0 Å². The second-order valence-electron chi connectivity index (χ2n) is 4.19. The molecule has 0 unspecified atom stereocenters. The van der Waals surface area contributed by atoms with E-state index in [4.69, 9.17) is 27.9 Å². The van der Waals surface area contributed by atoms with Gasteiger partial charge < -0.3 is 10.1 Å². The van der Waals surface area contributed by atoms with Crippen LogP contribution < -0.4 is 5.32 Å². The van der Waals surface area contributed by atoms with Crippen molar-refractivity contribution in [3.63, 3.8) is 0 Å². The van der Waals surface area contributed by atoms with Crippen LogP contribution in [0.4, 0.5) is 5.82 Å². The van der Waals surface area contributed by atoms with Crippen LogP contribution in [-0.4, -0.2) is 23.6 Å². The van der Waals surface area contributed by atoms with Gasteiger partial charge in [-0.05, 0) is 25.1 Å². The minimum absolute atomic E-state index is 0.419. The van der Waals surface area contributed by atoms with Crippen LogP contribution >= 0.6 is 23.2 Å². The third kappa shape index (κ3) is 3.82. The number of ether oxygens (including phenoxy) is 1. The van der Waals surface area contributed by atoms with Crippen LogP contribution in [0.5, 0.6) is 0 Å². The Morgan fingerprint density at radius 3 is 2.40 bits per heavy atom. The summed E-state index contributed by atoms with van der Waals surface area (Å²) >= 11 is 12.0. The summed E-state index contributed by atoms with van der Waals surface area (Å²) in [5.74, 6) is 1.32. The molecule has 1 heterocycles. The minimum Gasteiger partial charge on any atom is -0.378 e. The summed E-state index contributed by atoms with van der Waals surface area (Å²) in [6.45, 7) is 3.20. The van der Waals surface area contributed by atoms with E-state index < -0.39 is 0 Å². The Morgan fingerprint density at radius 1 is 1.10 bits per heavy atom. The second kappa shape index (κ2) is 6.88. The molecule has 0 aliphatic rings.